The summed E-state index contributed by atoms with van der Waals surface area (Å²) in [5.74, 6) is 0.484. The Morgan fingerprint density at radius 2 is 1.91 bits per heavy atom. The molecule has 1 aliphatic heterocycles. The van der Waals surface area contributed by atoms with Crippen LogP contribution < -0.4 is 0 Å². The lowest BCUT2D eigenvalue weighted by molar-refractivity contribution is -0.140. The minimum absolute atomic E-state index is 0.0241. The summed E-state index contributed by atoms with van der Waals surface area (Å²) in [5.41, 5.74) is 1.42. The Morgan fingerprint density at radius 3 is 2.59 bits per heavy atom. The predicted molar refractivity (Wildman–Crippen MR) is 94.6 cm³/mol. The first-order valence-corrected chi connectivity index (χ1v) is 12.1. The van der Waals surface area contributed by atoms with E-state index in [0.29, 0.717) is 12.3 Å². The molecule has 0 aliphatic carbocycles. The fourth-order valence-corrected chi connectivity index (χ4v) is 6.57. The maximum absolute atomic E-state index is 11.7. The van der Waals surface area contributed by atoms with Gasteiger partial charge >= 0.3 is 5.97 Å². The van der Waals surface area contributed by atoms with Crippen LogP contribution in [-0.2, 0) is 15.6 Å². The molecule has 1 aliphatic rings. The van der Waals surface area contributed by atoms with E-state index in [1.54, 1.807) is 0 Å². The lowest BCUT2D eigenvalue weighted by atomic mass is 9.95. The van der Waals surface area contributed by atoms with Crippen molar-refractivity contribution in [2.45, 2.75) is 70.3 Å². The SMILES string of the molecule is CCCCC[C@@H]1CC(=O)O[C@@H]1C[Si](C)(C)Cc1ccccc1. The lowest BCUT2D eigenvalue weighted by Gasteiger charge is -2.28. The number of esters is 1. The fourth-order valence-electron chi connectivity index (χ4n) is 3.58. The van der Waals surface area contributed by atoms with Crippen LogP contribution in [0.25, 0.3) is 0 Å². The molecule has 0 unspecified atom stereocenters. The monoisotopic (exact) mass is 318 g/mol. The van der Waals surface area contributed by atoms with Crippen molar-refractivity contribution >= 4 is 14.0 Å². The summed E-state index contributed by atoms with van der Waals surface area (Å²) in [5, 5.41) is 0. The smallest absolute Gasteiger partial charge is 0.306 e. The largest absolute Gasteiger partial charge is 0.462 e. The number of unbranched alkanes of at least 4 members (excludes halogenated alkanes) is 2. The first-order valence-electron chi connectivity index (χ1n) is 8.73. The standard InChI is InChI=1S/C19H30O2Si/c1-4-5-7-12-17-13-19(20)21-18(17)15-22(2,3)14-16-10-8-6-9-11-16/h6,8-11,17-18H,4-5,7,12-15H2,1-3H3/t17-,18-/m1/s1. The van der Waals surface area contributed by atoms with E-state index in [-0.39, 0.29) is 12.1 Å². The highest BCUT2D eigenvalue weighted by molar-refractivity contribution is 6.77. The van der Waals surface area contributed by atoms with Crippen molar-refractivity contribution in [1.82, 2.24) is 0 Å². The average molecular weight is 319 g/mol. The van der Waals surface area contributed by atoms with Crippen LogP contribution in [0.4, 0.5) is 0 Å². The number of hydrogen-bond acceptors (Lipinski definition) is 2. The van der Waals surface area contributed by atoms with E-state index in [9.17, 15) is 4.79 Å². The molecule has 1 aromatic rings. The molecule has 3 heteroatoms. The van der Waals surface area contributed by atoms with E-state index in [1.165, 1.54) is 30.9 Å². The third kappa shape index (κ3) is 5.27. The summed E-state index contributed by atoms with van der Waals surface area (Å²) >= 11 is 0. The van der Waals surface area contributed by atoms with Crippen molar-refractivity contribution in [3.05, 3.63) is 35.9 Å². The maximum Gasteiger partial charge on any atom is 0.306 e. The molecule has 0 radical (unpaired) electrons. The van der Waals surface area contributed by atoms with Gasteiger partial charge in [-0.15, -0.1) is 0 Å². The van der Waals surface area contributed by atoms with Crippen molar-refractivity contribution in [3.63, 3.8) is 0 Å². The maximum atomic E-state index is 11.7. The van der Waals surface area contributed by atoms with Crippen LogP contribution >= 0.6 is 0 Å². The molecule has 2 nitrogen and oxygen atoms in total. The number of cyclic esters (lactones) is 1. The second kappa shape index (κ2) is 7.96. The third-order valence-corrected chi connectivity index (χ3v) is 7.57. The molecule has 0 N–H and O–H groups in total. The Kier molecular flexibility index (Phi) is 6.24. The van der Waals surface area contributed by atoms with Gasteiger partial charge in [-0.25, -0.2) is 0 Å². The van der Waals surface area contributed by atoms with Gasteiger partial charge in [0.15, 0.2) is 0 Å². The van der Waals surface area contributed by atoms with Gasteiger partial charge in [0, 0.05) is 5.92 Å². The van der Waals surface area contributed by atoms with E-state index in [2.05, 4.69) is 50.3 Å². The highest BCUT2D eigenvalue weighted by atomic mass is 28.3. The zero-order valence-corrected chi connectivity index (χ0v) is 15.3. The Morgan fingerprint density at radius 1 is 1.18 bits per heavy atom. The fraction of sp³-hybridized carbons (Fsp3) is 0.632. The van der Waals surface area contributed by atoms with E-state index in [4.69, 9.17) is 4.74 Å². The molecule has 2 atom stereocenters. The highest BCUT2D eigenvalue weighted by Crippen LogP contribution is 2.33. The van der Waals surface area contributed by atoms with Crippen molar-refractivity contribution in [2.75, 3.05) is 0 Å². The zero-order chi connectivity index (χ0) is 16.0. The number of rotatable bonds is 8. The van der Waals surface area contributed by atoms with Crippen LogP contribution in [0.5, 0.6) is 0 Å². The molecular weight excluding hydrogens is 288 g/mol. The van der Waals surface area contributed by atoms with Crippen LogP contribution in [0.3, 0.4) is 0 Å². The zero-order valence-electron chi connectivity index (χ0n) is 14.3. The summed E-state index contributed by atoms with van der Waals surface area (Å²) in [4.78, 5) is 11.7. The van der Waals surface area contributed by atoms with Crippen LogP contribution in [0, 0.1) is 5.92 Å². The molecule has 1 heterocycles. The molecule has 0 aromatic heterocycles. The van der Waals surface area contributed by atoms with E-state index < -0.39 is 8.07 Å². The van der Waals surface area contributed by atoms with Crippen LogP contribution in [0.1, 0.15) is 44.6 Å². The van der Waals surface area contributed by atoms with E-state index >= 15 is 0 Å². The molecule has 0 saturated carbocycles. The highest BCUT2D eigenvalue weighted by Gasteiger charge is 2.38. The first kappa shape index (κ1) is 17.3. The summed E-state index contributed by atoms with van der Waals surface area (Å²) in [6.45, 7) is 7.08. The molecule has 0 bridgehead atoms. The Labute approximate surface area is 136 Å². The first-order chi connectivity index (χ1) is 10.5. The second-order valence-corrected chi connectivity index (χ2v) is 12.6. The van der Waals surface area contributed by atoms with Gasteiger partial charge in [-0.05, 0) is 18.5 Å². The lowest BCUT2D eigenvalue weighted by Crippen LogP contribution is -2.36. The van der Waals surface area contributed by atoms with Gasteiger partial charge < -0.3 is 4.74 Å². The van der Waals surface area contributed by atoms with Gasteiger partial charge in [-0.2, -0.15) is 0 Å². The van der Waals surface area contributed by atoms with Crippen molar-refractivity contribution < 1.29 is 9.53 Å². The van der Waals surface area contributed by atoms with Gasteiger partial charge in [0.25, 0.3) is 0 Å². The summed E-state index contributed by atoms with van der Waals surface area (Å²) in [7, 11) is -1.41. The van der Waals surface area contributed by atoms with Gasteiger partial charge in [-0.1, -0.05) is 75.2 Å². The Balaban J connectivity index is 1.92. The molecule has 1 saturated heterocycles. The molecule has 122 valence electrons. The van der Waals surface area contributed by atoms with Gasteiger partial charge in [0.1, 0.15) is 6.10 Å². The minimum atomic E-state index is -1.41. The molecule has 1 fully saturated rings. The molecule has 0 spiro atoms. The van der Waals surface area contributed by atoms with E-state index in [1.807, 2.05) is 0 Å². The van der Waals surface area contributed by atoms with Crippen LogP contribution in [-0.4, -0.2) is 20.1 Å². The quantitative estimate of drug-likeness (QED) is 0.383. The summed E-state index contributed by atoms with van der Waals surface area (Å²) < 4.78 is 5.67. The molecule has 0 amide bonds. The van der Waals surface area contributed by atoms with Crippen molar-refractivity contribution in [3.8, 4) is 0 Å². The van der Waals surface area contributed by atoms with Gasteiger partial charge in [-0.3, -0.25) is 4.79 Å². The second-order valence-electron chi connectivity index (χ2n) is 7.52. The minimum Gasteiger partial charge on any atom is -0.462 e. The summed E-state index contributed by atoms with van der Waals surface area (Å²) in [6, 6.07) is 13.0. The van der Waals surface area contributed by atoms with Crippen molar-refractivity contribution in [2.24, 2.45) is 5.92 Å². The molecule has 22 heavy (non-hydrogen) atoms. The van der Waals surface area contributed by atoms with Gasteiger partial charge in [0.05, 0.1) is 14.5 Å². The predicted octanol–water partition coefficient (Wildman–Crippen LogP) is 4.99. The topological polar surface area (TPSA) is 26.3 Å². The normalized spacial score (nSPS) is 21.9. The Hall–Kier alpha value is -1.09. The number of carbonyl (C=O) groups excluding carboxylic acids is 1. The Bertz CT molecular complexity index is 470. The molecule has 2 rings (SSSR count). The molecular formula is C19H30O2Si. The number of hydrogen-bond donors (Lipinski definition) is 0. The van der Waals surface area contributed by atoms with Gasteiger partial charge in [0.2, 0.25) is 0 Å². The van der Waals surface area contributed by atoms with Crippen molar-refractivity contribution in [1.29, 1.82) is 0 Å². The number of carbonyl (C=O) groups is 1. The molecule has 1 aromatic carbocycles. The number of ether oxygens (including phenoxy) is 1. The average Bonchev–Trinajstić information content (AvgIpc) is 2.79. The third-order valence-electron chi connectivity index (χ3n) is 4.70. The van der Waals surface area contributed by atoms with Crippen LogP contribution in [0.15, 0.2) is 30.3 Å². The van der Waals surface area contributed by atoms with E-state index in [0.717, 1.165) is 12.5 Å². The number of benzene rings is 1. The summed E-state index contributed by atoms with van der Waals surface area (Å²) in [6.07, 6.45) is 5.71. The van der Waals surface area contributed by atoms with Crippen LogP contribution in [0.2, 0.25) is 19.1 Å².